The van der Waals surface area contributed by atoms with Crippen LogP contribution in [-0.2, 0) is 11.3 Å². The van der Waals surface area contributed by atoms with Crippen LogP contribution in [0.15, 0.2) is 42.6 Å². The van der Waals surface area contributed by atoms with Gasteiger partial charge in [0, 0.05) is 37.4 Å². The summed E-state index contributed by atoms with van der Waals surface area (Å²) in [6.45, 7) is 22.5. The first-order chi connectivity index (χ1) is 24.7. The maximum atomic E-state index is 15.3. The number of nitrogens with zero attached hydrogens (tertiary/aromatic N) is 3. The second-order valence-corrected chi connectivity index (χ2v) is 20.1. The maximum Gasteiger partial charge on any atom is 0.490 e. The number of hydrogen-bond acceptors (Lipinski definition) is 8. The molecule has 2 aromatic carbocycles. The van der Waals surface area contributed by atoms with Gasteiger partial charge in [-0.25, -0.2) is 19.0 Å². The highest BCUT2D eigenvalue weighted by molar-refractivity contribution is 6.74. The highest BCUT2D eigenvalue weighted by Crippen LogP contribution is 2.40. The average molecular weight is 779 g/mol. The third-order valence-electron chi connectivity index (χ3n) is 9.24. The van der Waals surface area contributed by atoms with Crippen LogP contribution in [0.1, 0.15) is 70.0 Å². The Bertz CT molecular complexity index is 1860. The molecule has 0 spiro atoms. The van der Waals surface area contributed by atoms with Gasteiger partial charge in [0.05, 0.1) is 22.7 Å². The van der Waals surface area contributed by atoms with Gasteiger partial charge in [-0.3, -0.25) is 9.69 Å². The van der Waals surface area contributed by atoms with Gasteiger partial charge in [-0.2, -0.15) is 13.2 Å². The highest BCUT2D eigenvalue weighted by atomic mass is 28.4. The minimum absolute atomic E-state index is 0.0366. The van der Waals surface area contributed by atoms with Crippen molar-refractivity contribution in [2.75, 3.05) is 35.6 Å². The number of fused-ring (bicyclic) bond motifs is 2. The summed E-state index contributed by atoms with van der Waals surface area (Å²) in [6.07, 6.45) is -4.46. The lowest BCUT2D eigenvalue weighted by Crippen LogP contribution is -2.48. The van der Waals surface area contributed by atoms with Crippen LogP contribution in [0.5, 0.6) is 5.75 Å². The zero-order chi connectivity index (χ0) is 41.0. The molecule has 0 saturated carbocycles. The third kappa shape index (κ3) is 11.1. The second-order valence-electron chi connectivity index (χ2n) is 15.4. The maximum absolute atomic E-state index is 15.3. The molecule has 0 radical (unpaired) electrons. The van der Waals surface area contributed by atoms with Crippen molar-refractivity contribution in [3.63, 3.8) is 0 Å². The van der Waals surface area contributed by atoms with Crippen LogP contribution in [0.2, 0.25) is 18.1 Å². The fraction of sp³-hybridized carbons (Fsp3) is 0.459. The van der Waals surface area contributed by atoms with Gasteiger partial charge in [-0.15, -0.1) is 0 Å². The summed E-state index contributed by atoms with van der Waals surface area (Å²) in [5.41, 5.74) is 3.25. The van der Waals surface area contributed by atoms with Gasteiger partial charge in [-0.05, 0) is 87.8 Å². The number of amides is 2. The Morgan fingerprint density at radius 1 is 0.944 bits per heavy atom. The molecule has 5 N–H and O–H groups in total. The van der Waals surface area contributed by atoms with Crippen molar-refractivity contribution in [3.8, 4) is 5.75 Å². The quantitative estimate of drug-likeness (QED) is 0.0994. The Hall–Kier alpha value is -4.90. The number of hydrogen-bond donors (Lipinski definition) is 5. The van der Waals surface area contributed by atoms with Crippen molar-refractivity contribution >= 4 is 54.9 Å². The van der Waals surface area contributed by atoms with E-state index in [0.29, 0.717) is 53.8 Å². The first-order valence-electron chi connectivity index (χ1n) is 17.2. The van der Waals surface area contributed by atoms with Crippen molar-refractivity contribution in [1.29, 1.82) is 0 Å². The summed E-state index contributed by atoms with van der Waals surface area (Å²) in [7, 11) is -2.19. The lowest BCUT2D eigenvalue weighted by atomic mass is 10.1. The fourth-order valence-electron chi connectivity index (χ4n) is 5.10. The smallest absolute Gasteiger partial charge is 0.490 e. The van der Waals surface area contributed by atoms with Gasteiger partial charge in [0.1, 0.15) is 22.9 Å². The molecule has 296 valence electrons. The van der Waals surface area contributed by atoms with Gasteiger partial charge >= 0.3 is 18.2 Å². The van der Waals surface area contributed by atoms with Crippen LogP contribution in [0.25, 0.3) is 0 Å². The zero-order valence-electron chi connectivity index (χ0n) is 32.3. The third-order valence-corrected chi connectivity index (χ3v) is 13.6. The van der Waals surface area contributed by atoms with E-state index >= 15 is 4.39 Å². The molecule has 0 unspecified atom stereocenters. The topological polar surface area (TPSA) is 156 Å². The first kappa shape index (κ1) is 43.5. The number of rotatable bonds is 10. The minimum atomic E-state index is -5.08. The van der Waals surface area contributed by atoms with Crippen LogP contribution in [0.3, 0.4) is 0 Å². The molecule has 12 nitrogen and oxygen atoms in total. The lowest BCUT2D eigenvalue weighted by molar-refractivity contribution is -0.192. The van der Waals surface area contributed by atoms with Crippen LogP contribution >= 0.6 is 0 Å². The van der Waals surface area contributed by atoms with Crippen molar-refractivity contribution in [2.45, 2.75) is 91.8 Å². The van der Waals surface area contributed by atoms with E-state index in [1.807, 2.05) is 52.8 Å². The molecular formula is C37H50F4N6O6Si. The van der Waals surface area contributed by atoms with Crippen molar-refractivity contribution < 1.29 is 46.6 Å². The van der Waals surface area contributed by atoms with E-state index in [2.05, 4.69) is 59.7 Å². The number of aromatic nitrogens is 1. The summed E-state index contributed by atoms with van der Waals surface area (Å²) in [5.74, 6) is -2.65. The number of pyridine rings is 1. The van der Waals surface area contributed by atoms with Gasteiger partial charge in [0.15, 0.2) is 0 Å². The molecule has 3 aromatic rings. The summed E-state index contributed by atoms with van der Waals surface area (Å²) >= 11 is 0. The van der Waals surface area contributed by atoms with Gasteiger partial charge in [-0.1, -0.05) is 33.8 Å². The zero-order valence-corrected chi connectivity index (χ0v) is 33.3. The molecule has 0 fully saturated rings. The Morgan fingerprint density at radius 3 is 2.11 bits per heavy atom. The van der Waals surface area contributed by atoms with E-state index in [-0.39, 0.29) is 22.2 Å². The lowest BCUT2D eigenvalue weighted by Gasteiger charge is -2.37. The number of likely N-dealkylation sites (N-methyl/N-ethyl adjacent to an activating group) is 1. The molecule has 1 aromatic heterocycles. The SMILES string of the molecule is CCN(CCN(C(=O)O)C(C)(C)C)Cc1ccc2c(c1)NC(=O)c1c(Nc3cc(O[Si](C)(C)C(C)(C)C)c(C)cc3F)ccnc1N2.O=C(O)C(F)(F)F. The van der Waals surface area contributed by atoms with Crippen LogP contribution < -0.4 is 20.4 Å². The average Bonchev–Trinajstić information content (AvgIpc) is 3.16. The van der Waals surface area contributed by atoms with Gasteiger partial charge in [0.25, 0.3) is 5.91 Å². The molecule has 0 saturated heterocycles. The molecule has 0 bridgehead atoms. The number of nitrogens with one attached hydrogen (secondary N) is 3. The van der Waals surface area contributed by atoms with Crippen LogP contribution in [-0.4, -0.2) is 82.6 Å². The molecule has 1 aliphatic rings. The molecule has 0 aliphatic carbocycles. The molecule has 2 heterocycles. The highest BCUT2D eigenvalue weighted by Gasteiger charge is 2.40. The first-order valence-corrected chi connectivity index (χ1v) is 20.2. The van der Waals surface area contributed by atoms with Crippen LogP contribution in [0.4, 0.5) is 50.9 Å². The summed E-state index contributed by atoms with van der Waals surface area (Å²) < 4.78 is 53.6. The minimum Gasteiger partial charge on any atom is -0.543 e. The number of aryl methyl sites for hydroxylation is 1. The number of alkyl halides is 3. The van der Waals surface area contributed by atoms with E-state index in [1.54, 1.807) is 18.3 Å². The van der Waals surface area contributed by atoms with E-state index < -0.39 is 37.9 Å². The van der Waals surface area contributed by atoms with Crippen LogP contribution in [0, 0.1) is 12.7 Å². The molecular weight excluding hydrogens is 729 g/mol. The number of halogens is 4. The molecule has 0 atom stereocenters. The number of carboxylic acid groups (broad SMARTS) is 2. The number of carboxylic acids is 1. The number of carbonyl (C=O) groups excluding carboxylic acids is 1. The largest absolute Gasteiger partial charge is 0.543 e. The van der Waals surface area contributed by atoms with Gasteiger partial charge in [0.2, 0.25) is 8.32 Å². The molecule has 54 heavy (non-hydrogen) atoms. The molecule has 2 amide bonds. The Morgan fingerprint density at radius 2 is 1.57 bits per heavy atom. The van der Waals surface area contributed by atoms with Crippen molar-refractivity contribution in [2.24, 2.45) is 0 Å². The number of carbonyl (C=O) groups is 3. The molecule has 1 aliphatic heterocycles. The Balaban J connectivity index is 0.00000102. The fourth-order valence-corrected chi connectivity index (χ4v) is 6.18. The standard InChI is InChI=1S/C35H49FN6O4Si.C2HF3O2/c1-11-41(16-17-42(33(44)45)34(3,4)5)21-23-12-13-25-28(19-23)40-32(43)30-26(14-15-37-31(30)39-25)38-27-20-29(22(2)18-24(27)36)46-47(9,10)35(6,7)8;3-2(4,5)1(6)7/h12-15,18-20H,11,16-17,21H2,1-10H3,(H,40,43)(H,44,45)(H2,37,38,39);(H,6,7). The summed E-state index contributed by atoms with van der Waals surface area (Å²) in [6, 6.07) is 10.5. The van der Waals surface area contributed by atoms with E-state index in [9.17, 15) is 27.9 Å². The number of aliphatic carboxylic acids is 1. The molecule has 4 rings (SSSR count). The number of benzene rings is 2. The predicted octanol–water partition coefficient (Wildman–Crippen LogP) is 9.20. The Labute approximate surface area is 314 Å². The monoisotopic (exact) mass is 778 g/mol. The Kier molecular flexibility index (Phi) is 13.4. The predicted molar refractivity (Wildman–Crippen MR) is 203 cm³/mol. The van der Waals surface area contributed by atoms with E-state index in [1.165, 1.54) is 11.0 Å². The second kappa shape index (κ2) is 16.6. The van der Waals surface area contributed by atoms with Crippen molar-refractivity contribution in [3.05, 3.63) is 65.1 Å². The number of anilines is 5. The summed E-state index contributed by atoms with van der Waals surface area (Å²) in [5, 5.41) is 26.2. The van der Waals surface area contributed by atoms with E-state index in [0.717, 1.165) is 12.1 Å². The summed E-state index contributed by atoms with van der Waals surface area (Å²) in [4.78, 5) is 42.4. The van der Waals surface area contributed by atoms with Gasteiger partial charge < -0.3 is 35.5 Å². The van der Waals surface area contributed by atoms with Crippen molar-refractivity contribution in [1.82, 2.24) is 14.8 Å². The van der Waals surface area contributed by atoms with E-state index in [4.69, 9.17) is 14.3 Å². The molecule has 17 heteroatoms. The normalized spacial score (nSPS) is 13.0.